The van der Waals surface area contributed by atoms with Crippen molar-refractivity contribution in [1.29, 1.82) is 0 Å². The molecule has 94 valence electrons. The van der Waals surface area contributed by atoms with Crippen molar-refractivity contribution < 1.29 is 9.90 Å². The van der Waals surface area contributed by atoms with E-state index in [0.717, 1.165) is 5.56 Å². The molecule has 0 spiro atoms. The highest BCUT2D eigenvalue weighted by Crippen LogP contribution is 1.99. The number of benzene rings is 1. The standard InChI is InChI=1S/C13H20N2O2/c1-13(2,10-16)15-9-12(17)14-8-11-6-4-3-5-7-11/h3-7,15-16H,8-10H2,1-2H3,(H,14,17). The zero-order chi connectivity index (χ0) is 12.7. The summed E-state index contributed by atoms with van der Waals surface area (Å²) in [4.78, 5) is 11.5. The smallest absolute Gasteiger partial charge is 0.234 e. The van der Waals surface area contributed by atoms with Crippen molar-refractivity contribution in [2.24, 2.45) is 0 Å². The van der Waals surface area contributed by atoms with Gasteiger partial charge in [-0.1, -0.05) is 30.3 Å². The SMILES string of the molecule is CC(C)(CO)NCC(=O)NCc1ccccc1. The predicted octanol–water partition coefficient (Wildman–Crippen LogP) is 0.663. The van der Waals surface area contributed by atoms with Crippen LogP contribution in [0.1, 0.15) is 19.4 Å². The van der Waals surface area contributed by atoms with E-state index in [1.165, 1.54) is 0 Å². The highest BCUT2D eigenvalue weighted by atomic mass is 16.3. The topological polar surface area (TPSA) is 61.4 Å². The highest BCUT2D eigenvalue weighted by Gasteiger charge is 2.16. The van der Waals surface area contributed by atoms with Gasteiger partial charge in [0, 0.05) is 12.1 Å². The van der Waals surface area contributed by atoms with Crippen LogP contribution < -0.4 is 10.6 Å². The molecule has 0 aliphatic rings. The Morgan fingerprint density at radius 1 is 1.29 bits per heavy atom. The minimum Gasteiger partial charge on any atom is -0.394 e. The molecule has 1 aromatic carbocycles. The third-order valence-corrected chi connectivity index (χ3v) is 2.46. The molecule has 4 nitrogen and oxygen atoms in total. The summed E-state index contributed by atoms with van der Waals surface area (Å²) < 4.78 is 0. The molecule has 0 atom stereocenters. The zero-order valence-corrected chi connectivity index (χ0v) is 10.4. The van der Waals surface area contributed by atoms with Gasteiger partial charge in [-0.15, -0.1) is 0 Å². The summed E-state index contributed by atoms with van der Waals surface area (Å²) in [5.41, 5.74) is 0.645. The quantitative estimate of drug-likeness (QED) is 0.680. The molecule has 1 aromatic rings. The molecule has 1 amide bonds. The normalized spacial score (nSPS) is 11.2. The number of carbonyl (C=O) groups excluding carboxylic acids is 1. The molecule has 17 heavy (non-hydrogen) atoms. The van der Waals surface area contributed by atoms with E-state index < -0.39 is 5.54 Å². The summed E-state index contributed by atoms with van der Waals surface area (Å²) in [5, 5.41) is 14.8. The van der Waals surface area contributed by atoms with Crippen molar-refractivity contribution in [3.63, 3.8) is 0 Å². The van der Waals surface area contributed by atoms with Crippen LogP contribution in [-0.4, -0.2) is 29.7 Å². The van der Waals surface area contributed by atoms with Crippen LogP contribution >= 0.6 is 0 Å². The molecule has 0 aliphatic heterocycles. The van der Waals surface area contributed by atoms with Crippen LogP contribution in [0.4, 0.5) is 0 Å². The fourth-order valence-corrected chi connectivity index (χ4v) is 1.23. The van der Waals surface area contributed by atoms with Gasteiger partial charge in [0.05, 0.1) is 13.2 Å². The summed E-state index contributed by atoms with van der Waals surface area (Å²) in [6.07, 6.45) is 0. The maximum Gasteiger partial charge on any atom is 0.234 e. The number of aliphatic hydroxyl groups is 1. The molecule has 0 bridgehead atoms. The molecule has 0 saturated carbocycles. The lowest BCUT2D eigenvalue weighted by Gasteiger charge is -2.23. The van der Waals surface area contributed by atoms with Crippen LogP contribution in [0.3, 0.4) is 0 Å². The number of carbonyl (C=O) groups is 1. The number of rotatable bonds is 6. The van der Waals surface area contributed by atoms with Crippen LogP contribution in [0.5, 0.6) is 0 Å². The summed E-state index contributed by atoms with van der Waals surface area (Å²) in [6, 6.07) is 9.75. The van der Waals surface area contributed by atoms with Gasteiger partial charge in [-0.3, -0.25) is 4.79 Å². The molecule has 0 radical (unpaired) electrons. The first-order chi connectivity index (χ1) is 8.03. The molecule has 4 heteroatoms. The summed E-state index contributed by atoms with van der Waals surface area (Å²) in [5.74, 6) is -0.0737. The van der Waals surface area contributed by atoms with Gasteiger partial charge in [0.15, 0.2) is 0 Å². The fraction of sp³-hybridized carbons (Fsp3) is 0.462. The summed E-state index contributed by atoms with van der Waals surface area (Å²) in [7, 11) is 0. The molecular formula is C13H20N2O2. The van der Waals surface area contributed by atoms with Gasteiger partial charge in [-0.05, 0) is 19.4 Å². The molecule has 0 fully saturated rings. The van der Waals surface area contributed by atoms with E-state index >= 15 is 0 Å². The van der Waals surface area contributed by atoms with Crippen molar-refractivity contribution >= 4 is 5.91 Å². The Morgan fingerprint density at radius 3 is 2.53 bits per heavy atom. The van der Waals surface area contributed by atoms with E-state index in [2.05, 4.69) is 10.6 Å². The van der Waals surface area contributed by atoms with Crippen molar-refractivity contribution in [2.45, 2.75) is 25.9 Å². The van der Waals surface area contributed by atoms with Crippen molar-refractivity contribution in [3.8, 4) is 0 Å². The lowest BCUT2D eigenvalue weighted by Crippen LogP contribution is -2.47. The molecule has 0 saturated heterocycles. The van der Waals surface area contributed by atoms with Gasteiger partial charge < -0.3 is 15.7 Å². The van der Waals surface area contributed by atoms with Gasteiger partial charge in [0.1, 0.15) is 0 Å². The molecule has 1 rings (SSSR count). The number of hydrogen-bond donors (Lipinski definition) is 3. The van der Waals surface area contributed by atoms with Gasteiger partial charge in [-0.2, -0.15) is 0 Å². The van der Waals surface area contributed by atoms with Gasteiger partial charge >= 0.3 is 0 Å². The van der Waals surface area contributed by atoms with E-state index in [1.807, 2.05) is 44.2 Å². The van der Waals surface area contributed by atoms with Crippen LogP contribution in [0.2, 0.25) is 0 Å². The minimum absolute atomic E-state index is 0.00103. The summed E-state index contributed by atoms with van der Waals surface area (Å²) >= 11 is 0. The Hall–Kier alpha value is -1.39. The number of nitrogens with one attached hydrogen (secondary N) is 2. The van der Waals surface area contributed by atoms with E-state index in [-0.39, 0.29) is 19.1 Å². The van der Waals surface area contributed by atoms with Crippen LogP contribution in [-0.2, 0) is 11.3 Å². The van der Waals surface area contributed by atoms with E-state index in [4.69, 9.17) is 5.11 Å². The Bertz CT molecular complexity index is 350. The zero-order valence-electron chi connectivity index (χ0n) is 10.4. The second-order valence-corrected chi connectivity index (χ2v) is 4.66. The van der Waals surface area contributed by atoms with Crippen molar-refractivity contribution in [1.82, 2.24) is 10.6 Å². The first kappa shape index (κ1) is 13.7. The third-order valence-electron chi connectivity index (χ3n) is 2.46. The number of amides is 1. The number of aliphatic hydroxyl groups excluding tert-OH is 1. The first-order valence-corrected chi connectivity index (χ1v) is 5.70. The number of hydrogen-bond acceptors (Lipinski definition) is 3. The van der Waals surface area contributed by atoms with Gasteiger partial charge in [0.25, 0.3) is 0 Å². The second kappa shape index (κ2) is 6.37. The molecule has 0 unspecified atom stereocenters. The van der Waals surface area contributed by atoms with Crippen molar-refractivity contribution in [2.75, 3.05) is 13.2 Å². The fourth-order valence-electron chi connectivity index (χ4n) is 1.23. The minimum atomic E-state index is -0.427. The second-order valence-electron chi connectivity index (χ2n) is 4.66. The van der Waals surface area contributed by atoms with Crippen LogP contribution in [0.15, 0.2) is 30.3 Å². The average Bonchev–Trinajstić information content (AvgIpc) is 2.35. The van der Waals surface area contributed by atoms with Crippen molar-refractivity contribution in [3.05, 3.63) is 35.9 Å². The third kappa shape index (κ3) is 5.47. The molecule has 0 aromatic heterocycles. The Morgan fingerprint density at radius 2 is 1.94 bits per heavy atom. The van der Waals surface area contributed by atoms with E-state index in [0.29, 0.717) is 6.54 Å². The van der Waals surface area contributed by atoms with Crippen LogP contribution in [0, 0.1) is 0 Å². The Kier molecular flexibility index (Phi) is 5.12. The Labute approximate surface area is 102 Å². The molecule has 0 aliphatic carbocycles. The van der Waals surface area contributed by atoms with Gasteiger partial charge in [0.2, 0.25) is 5.91 Å². The van der Waals surface area contributed by atoms with E-state index in [1.54, 1.807) is 0 Å². The highest BCUT2D eigenvalue weighted by molar-refractivity contribution is 5.78. The maximum atomic E-state index is 11.5. The molecule has 0 heterocycles. The predicted molar refractivity (Wildman–Crippen MR) is 67.5 cm³/mol. The average molecular weight is 236 g/mol. The van der Waals surface area contributed by atoms with Crippen LogP contribution in [0.25, 0.3) is 0 Å². The van der Waals surface area contributed by atoms with E-state index in [9.17, 15) is 4.79 Å². The lowest BCUT2D eigenvalue weighted by molar-refractivity contribution is -0.120. The molecule has 3 N–H and O–H groups in total. The first-order valence-electron chi connectivity index (χ1n) is 5.70. The lowest BCUT2D eigenvalue weighted by atomic mass is 10.1. The maximum absolute atomic E-state index is 11.5. The summed E-state index contributed by atoms with van der Waals surface area (Å²) in [6.45, 7) is 4.43. The monoisotopic (exact) mass is 236 g/mol. The largest absolute Gasteiger partial charge is 0.394 e. The Balaban J connectivity index is 2.27. The van der Waals surface area contributed by atoms with Gasteiger partial charge in [-0.25, -0.2) is 0 Å². The molecular weight excluding hydrogens is 216 g/mol.